The Hall–Kier alpha value is -0.810. The molecule has 0 bridgehead atoms. The predicted octanol–water partition coefficient (Wildman–Crippen LogP) is 3.21. The van der Waals surface area contributed by atoms with Crippen LogP contribution in [0.15, 0.2) is 16.7 Å². The largest absolute Gasteiger partial charge is 0.379 e. The van der Waals surface area contributed by atoms with Crippen molar-refractivity contribution >= 4 is 21.8 Å². The third kappa shape index (κ3) is 5.78. The fourth-order valence-electron chi connectivity index (χ4n) is 1.77. The van der Waals surface area contributed by atoms with Gasteiger partial charge < -0.3 is 14.6 Å². The molecule has 0 spiro atoms. The highest BCUT2D eigenvalue weighted by Gasteiger charge is 2.11. The number of carbonyl (C=O) groups is 1. The van der Waals surface area contributed by atoms with Crippen molar-refractivity contribution in [3.05, 3.63) is 22.4 Å². The molecule has 1 amide bonds. The van der Waals surface area contributed by atoms with Crippen LogP contribution in [0.2, 0.25) is 0 Å². The van der Waals surface area contributed by atoms with E-state index in [4.69, 9.17) is 4.74 Å². The number of ether oxygens (including phenoxy) is 1. The second kappa shape index (κ2) is 8.38. The van der Waals surface area contributed by atoms with Gasteiger partial charge in [0.2, 0.25) is 0 Å². The van der Waals surface area contributed by atoms with Crippen molar-refractivity contribution in [3.8, 4) is 0 Å². The number of aryl methyl sites for hydroxylation is 1. The Morgan fingerprint density at radius 2 is 2.26 bits per heavy atom. The molecule has 108 valence electrons. The molecule has 0 radical (unpaired) electrons. The molecule has 1 aromatic heterocycles. The molecular formula is C14H23BrN2O2. The van der Waals surface area contributed by atoms with Gasteiger partial charge in [0, 0.05) is 30.4 Å². The molecule has 0 aromatic carbocycles. The first kappa shape index (κ1) is 16.2. The van der Waals surface area contributed by atoms with Gasteiger partial charge in [0.05, 0.1) is 6.10 Å². The van der Waals surface area contributed by atoms with Gasteiger partial charge in [0.1, 0.15) is 5.69 Å². The average molecular weight is 331 g/mol. The highest BCUT2D eigenvalue weighted by atomic mass is 79.9. The zero-order chi connectivity index (χ0) is 14.3. The van der Waals surface area contributed by atoms with Crippen molar-refractivity contribution < 1.29 is 9.53 Å². The van der Waals surface area contributed by atoms with Gasteiger partial charge >= 0.3 is 0 Å². The lowest BCUT2D eigenvalue weighted by Crippen LogP contribution is -2.27. The van der Waals surface area contributed by atoms with Crippen LogP contribution >= 0.6 is 15.9 Å². The Kier molecular flexibility index (Phi) is 7.16. The first-order chi connectivity index (χ1) is 9.04. The highest BCUT2D eigenvalue weighted by Crippen LogP contribution is 2.15. The molecule has 0 aliphatic carbocycles. The summed E-state index contributed by atoms with van der Waals surface area (Å²) in [7, 11) is 0. The molecule has 0 aliphatic heterocycles. The van der Waals surface area contributed by atoms with E-state index < -0.39 is 0 Å². The minimum atomic E-state index is -0.0244. The molecule has 0 atom stereocenters. The van der Waals surface area contributed by atoms with Crippen LogP contribution < -0.4 is 5.32 Å². The Bertz CT molecular complexity index is 402. The van der Waals surface area contributed by atoms with Gasteiger partial charge in [-0.1, -0.05) is 6.92 Å². The van der Waals surface area contributed by atoms with Gasteiger partial charge in [-0.05, 0) is 48.7 Å². The van der Waals surface area contributed by atoms with Gasteiger partial charge in [-0.2, -0.15) is 0 Å². The van der Waals surface area contributed by atoms with E-state index in [0.29, 0.717) is 18.8 Å². The molecule has 19 heavy (non-hydrogen) atoms. The van der Waals surface area contributed by atoms with Gasteiger partial charge in [0.25, 0.3) is 5.91 Å². The zero-order valence-electron chi connectivity index (χ0n) is 11.9. The number of carbonyl (C=O) groups excluding carboxylic acids is 1. The first-order valence-corrected chi connectivity index (χ1v) is 7.59. The van der Waals surface area contributed by atoms with E-state index in [-0.39, 0.29) is 12.0 Å². The smallest absolute Gasteiger partial charge is 0.267 e. The summed E-state index contributed by atoms with van der Waals surface area (Å²) in [6.07, 6.45) is 4.03. The summed E-state index contributed by atoms with van der Waals surface area (Å²) in [6.45, 7) is 8.28. The van der Waals surface area contributed by atoms with Crippen molar-refractivity contribution in [2.45, 2.75) is 46.3 Å². The molecule has 0 fully saturated rings. The van der Waals surface area contributed by atoms with E-state index in [1.54, 1.807) is 0 Å². The van der Waals surface area contributed by atoms with E-state index in [0.717, 1.165) is 23.9 Å². The lowest BCUT2D eigenvalue weighted by molar-refractivity contribution is 0.0756. The molecule has 4 nitrogen and oxygen atoms in total. The van der Waals surface area contributed by atoms with Crippen LogP contribution in [-0.2, 0) is 11.3 Å². The van der Waals surface area contributed by atoms with E-state index >= 15 is 0 Å². The maximum absolute atomic E-state index is 12.1. The number of nitrogens with one attached hydrogen (secondary N) is 1. The summed E-state index contributed by atoms with van der Waals surface area (Å²) >= 11 is 3.41. The minimum absolute atomic E-state index is 0.0244. The zero-order valence-corrected chi connectivity index (χ0v) is 13.5. The fraction of sp³-hybridized carbons (Fsp3) is 0.643. The number of hydrogen-bond donors (Lipinski definition) is 1. The lowest BCUT2D eigenvalue weighted by atomic mass is 10.3. The highest BCUT2D eigenvalue weighted by molar-refractivity contribution is 9.10. The normalized spacial score (nSPS) is 11.0. The quantitative estimate of drug-likeness (QED) is 0.744. The van der Waals surface area contributed by atoms with Crippen LogP contribution in [0.5, 0.6) is 0 Å². The van der Waals surface area contributed by atoms with Crippen LogP contribution in [0, 0.1) is 0 Å². The van der Waals surface area contributed by atoms with Crippen molar-refractivity contribution in [1.29, 1.82) is 0 Å². The Labute approximate surface area is 123 Å². The van der Waals surface area contributed by atoms with Crippen molar-refractivity contribution in [2.24, 2.45) is 0 Å². The molecule has 0 aliphatic rings. The van der Waals surface area contributed by atoms with Gasteiger partial charge in [-0.3, -0.25) is 4.79 Å². The summed E-state index contributed by atoms with van der Waals surface area (Å²) in [4.78, 5) is 12.1. The topological polar surface area (TPSA) is 43.3 Å². The summed E-state index contributed by atoms with van der Waals surface area (Å²) in [5.74, 6) is -0.0244. The summed E-state index contributed by atoms with van der Waals surface area (Å²) in [5, 5.41) is 2.92. The van der Waals surface area contributed by atoms with E-state index in [1.807, 2.05) is 30.7 Å². The number of amides is 1. The molecule has 1 heterocycles. The molecule has 0 unspecified atom stereocenters. The third-order valence-electron chi connectivity index (χ3n) is 2.62. The van der Waals surface area contributed by atoms with Crippen LogP contribution in [-0.4, -0.2) is 29.7 Å². The molecule has 1 rings (SSSR count). The second-order valence-electron chi connectivity index (χ2n) is 4.77. The standard InChI is InChI=1S/C14H23BrN2O2/c1-4-7-17-10-12(15)9-13(17)14(18)16-6-5-8-19-11(2)3/h9-11H,4-8H2,1-3H3,(H,16,18). The van der Waals surface area contributed by atoms with Crippen LogP contribution in [0.1, 0.15) is 44.1 Å². The summed E-state index contributed by atoms with van der Waals surface area (Å²) in [5.41, 5.74) is 0.707. The van der Waals surface area contributed by atoms with E-state index in [2.05, 4.69) is 28.2 Å². The SMILES string of the molecule is CCCn1cc(Br)cc1C(=O)NCCCOC(C)C. The molecular weight excluding hydrogens is 308 g/mol. The van der Waals surface area contributed by atoms with Gasteiger partial charge in [-0.15, -0.1) is 0 Å². The Morgan fingerprint density at radius 1 is 1.53 bits per heavy atom. The molecule has 1 N–H and O–H groups in total. The monoisotopic (exact) mass is 330 g/mol. The Morgan fingerprint density at radius 3 is 2.89 bits per heavy atom. The maximum atomic E-state index is 12.1. The van der Waals surface area contributed by atoms with Crippen molar-refractivity contribution in [2.75, 3.05) is 13.2 Å². The molecule has 5 heteroatoms. The average Bonchev–Trinajstić information content (AvgIpc) is 2.70. The van der Waals surface area contributed by atoms with Crippen molar-refractivity contribution in [1.82, 2.24) is 9.88 Å². The van der Waals surface area contributed by atoms with E-state index in [9.17, 15) is 4.79 Å². The number of nitrogens with zero attached hydrogens (tertiary/aromatic N) is 1. The van der Waals surface area contributed by atoms with E-state index in [1.165, 1.54) is 0 Å². The predicted molar refractivity (Wildman–Crippen MR) is 80.5 cm³/mol. The van der Waals surface area contributed by atoms with Crippen molar-refractivity contribution in [3.63, 3.8) is 0 Å². The number of aromatic nitrogens is 1. The van der Waals surface area contributed by atoms with Crippen LogP contribution in [0.25, 0.3) is 0 Å². The fourth-order valence-corrected chi connectivity index (χ4v) is 2.24. The molecule has 0 saturated carbocycles. The lowest BCUT2D eigenvalue weighted by Gasteiger charge is -2.10. The van der Waals surface area contributed by atoms with Crippen LogP contribution in [0.4, 0.5) is 0 Å². The molecule has 0 saturated heterocycles. The maximum Gasteiger partial charge on any atom is 0.267 e. The van der Waals surface area contributed by atoms with Gasteiger partial charge in [0.15, 0.2) is 0 Å². The minimum Gasteiger partial charge on any atom is -0.379 e. The first-order valence-electron chi connectivity index (χ1n) is 6.80. The summed E-state index contributed by atoms with van der Waals surface area (Å²) in [6, 6.07) is 1.86. The molecule has 1 aromatic rings. The number of rotatable bonds is 8. The summed E-state index contributed by atoms with van der Waals surface area (Å²) < 4.78 is 8.35. The second-order valence-corrected chi connectivity index (χ2v) is 5.68. The van der Waals surface area contributed by atoms with Gasteiger partial charge in [-0.25, -0.2) is 0 Å². The number of halogens is 1. The number of hydrogen-bond acceptors (Lipinski definition) is 2. The Balaban J connectivity index is 2.40. The third-order valence-corrected chi connectivity index (χ3v) is 3.05. The van der Waals surface area contributed by atoms with Crippen LogP contribution in [0.3, 0.4) is 0 Å².